The first-order valence-corrected chi connectivity index (χ1v) is 3.84. The number of hydrogen-bond acceptors (Lipinski definition) is 3. The molecule has 0 aliphatic heterocycles. The van der Waals surface area contributed by atoms with Crippen molar-refractivity contribution in [2.75, 3.05) is 20.8 Å². The SMILES string of the molecule is CN(C)COC(C)(C)CC(=O)O. The Labute approximate surface area is 73.1 Å². The third-order valence-electron chi connectivity index (χ3n) is 1.29. The van der Waals surface area contributed by atoms with Crippen LogP contribution in [0.1, 0.15) is 20.3 Å². The van der Waals surface area contributed by atoms with E-state index in [0.29, 0.717) is 6.73 Å². The number of hydrogen-bond donors (Lipinski definition) is 1. The van der Waals surface area contributed by atoms with E-state index in [1.807, 2.05) is 19.0 Å². The molecule has 0 heterocycles. The molecule has 0 radical (unpaired) electrons. The first kappa shape index (κ1) is 11.4. The second-order valence-corrected chi connectivity index (χ2v) is 3.68. The molecule has 0 amide bonds. The van der Waals surface area contributed by atoms with Gasteiger partial charge in [0.1, 0.15) is 0 Å². The van der Waals surface area contributed by atoms with Gasteiger partial charge in [-0.15, -0.1) is 0 Å². The molecule has 0 aromatic heterocycles. The zero-order chi connectivity index (χ0) is 9.78. The van der Waals surface area contributed by atoms with Gasteiger partial charge < -0.3 is 9.84 Å². The minimum atomic E-state index is -0.834. The second-order valence-electron chi connectivity index (χ2n) is 3.68. The first-order chi connectivity index (χ1) is 5.33. The lowest BCUT2D eigenvalue weighted by atomic mass is 10.1. The molecule has 0 atom stereocenters. The summed E-state index contributed by atoms with van der Waals surface area (Å²) in [4.78, 5) is 12.2. The second kappa shape index (κ2) is 4.42. The molecule has 0 spiro atoms. The lowest BCUT2D eigenvalue weighted by Gasteiger charge is -2.25. The van der Waals surface area contributed by atoms with Gasteiger partial charge in [0, 0.05) is 0 Å². The fraction of sp³-hybridized carbons (Fsp3) is 0.875. The van der Waals surface area contributed by atoms with Crippen molar-refractivity contribution in [3.05, 3.63) is 0 Å². The number of carboxylic acid groups (broad SMARTS) is 1. The van der Waals surface area contributed by atoms with E-state index < -0.39 is 11.6 Å². The molecule has 72 valence electrons. The van der Waals surface area contributed by atoms with Gasteiger partial charge in [-0.1, -0.05) is 0 Å². The normalized spacial score (nSPS) is 12.1. The van der Waals surface area contributed by atoms with Crippen LogP contribution < -0.4 is 0 Å². The van der Waals surface area contributed by atoms with Crippen LogP contribution in [-0.4, -0.2) is 42.4 Å². The van der Waals surface area contributed by atoms with Gasteiger partial charge in [0.25, 0.3) is 0 Å². The van der Waals surface area contributed by atoms with Gasteiger partial charge in [-0.25, -0.2) is 0 Å². The molecule has 1 N–H and O–H groups in total. The molecule has 0 aliphatic rings. The maximum atomic E-state index is 10.4. The maximum absolute atomic E-state index is 10.4. The molecular formula is C8H17NO3. The molecule has 0 aliphatic carbocycles. The van der Waals surface area contributed by atoms with Gasteiger partial charge in [0.05, 0.1) is 18.8 Å². The van der Waals surface area contributed by atoms with Gasteiger partial charge >= 0.3 is 5.97 Å². The molecule has 12 heavy (non-hydrogen) atoms. The summed E-state index contributed by atoms with van der Waals surface area (Å²) < 4.78 is 5.35. The standard InChI is InChI=1S/C8H17NO3/c1-8(2,5-7(10)11)12-6-9(3)4/h5-6H2,1-4H3,(H,10,11). The Kier molecular flexibility index (Phi) is 4.20. The molecule has 4 heteroatoms. The average molecular weight is 175 g/mol. The third-order valence-corrected chi connectivity index (χ3v) is 1.29. The number of rotatable bonds is 5. The average Bonchev–Trinajstić information content (AvgIpc) is 1.81. The quantitative estimate of drug-likeness (QED) is 0.627. The molecule has 0 aromatic carbocycles. The van der Waals surface area contributed by atoms with Crippen molar-refractivity contribution in [3.63, 3.8) is 0 Å². The van der Waals surface area contributed by atoms with Gasteiger partial charge in [-0.3, -0.25) is 9.69 Å². The summed E-state index contributed by atoms with van der Waals surface area (Å²) in [6, 6.07) is 0. The van der Waals surface area contributed by atoms with Gasteiger partial charge in [0.2, 0.25) is 0 Å². The third kappa shape index (κ3) is 6.12. The highest BCUT2D eigenvalue weighted by atomic mass is 16.5. The molecule has 0 rings (SSSR count). The summed E-state index contributed by atoms with van der Waals surface area (Å²) in [6.45, 7) is 3.98. The van der Waals surface area contributed by atoms with Crippen molar-refractivity contribution < 1.29 is 14.6 Å². The summed E-state index contributed by atoms with van der Waals surface area (Å²) in [5, 5.41) is 8.52. The monoisotopic (exact) mass is 175 g/mol. The van der Waals surface area contributed by atoms with Gasteiger partial charge in [-0.2, -0.15) is 0 Å². The van der Waals surface area contributed by atoms with E-state index in [1.54, 1.807) is 13.8 Å². The Morgan fingerprint density at radius 1 is 1.50 bits per heavy atom. The first-order valence-electron chi connectivity index (χ1n) is 3.84. The molecular weight excluding hydrogens is 158 g/mol. The Hall–Kier alpha value is -0.610. The van der Waals surface area contributed by atoms with Crippen LogP contribution in [0.3, 0.4) is 0 Å². The Morgan fingerprint density at radius 2 is 2.00 bits per heavy atom. The molecule has 0 fully saturated rings. The fourth-order valence-corrected chi connectivity index (χ4v) is 0.719. The van der Waals surface area contributed by atoms with Crippen molar-refractivity contribution in [3.8, 4) is 0 Å². The van der Waals surface area contributed by atoms with E-state index in [0.717, 1.165) is 0 Å². The Morgan fingerprint density at radius 3 is 2.33 bits per heavy atom. The predicted molar refractivity (Wildman–Crippen MR) is 46.0 cm³/mol. The minimum Gasteiger partial charge on any atom is -0.481 e. The van der Waals surface area contributed by atoms with Crippen molar-refractivity contribution in [2.45, 2.75) is 25.9 Å². The fourth-order valence-electron chi connectivity index (χ4n) is 0.719. The van der Waals surface area contributed by atoms with Crippen LogP contribution in [0.4, 0.5) is 0 Å². The molecule has 0 saturated heterocycles. The molecule has 4 nitrogen and oxygen atoms in total. The van der Waals surface area contributed by atoms with Crippen LogP contribution in [0.2, 0.25) is 0 Å². The van der Waals surface area contributed by atoms with Gasteiger partial charge in [0.15, 0.2) is 0 Å². The van der Waals surface area contributed by atoms with E-state index in [2.05, 4.69) is 0 Å². The highest BCUT2D eigenvalue weighted by Gasteiger charge is 2.22. The summed E-state index contributed by atoms with van der Waals surface area (Å²) >= 11 is 0. The largest absolute Gasteiger partial charge is 0.481 e. The van der Waals surface area contributed by atoms with Crippen molar-refractivity contribution in [1.29, 1.82) is 0 Å². The summed E-state index contributed by atoms with van der Waals surface area (Å²) in [7, 11) is 3.74. The minimum absolute atomic E-state index is 0.0286. The van der Waals surface area contributed by atoms with E-state index in [-0.39, 0.29) is 6.42 Å². The summed E-state index contributed by atoms with van der Waals surface area (Å²) in [5.74, 6) is -0.834. The molecule has 0 saturated carbocycles. The van der Waals surface area contributed by atoms with Crippen LogP contribution >= 0.6 is 0 Å². The highest BCUT2D eigenvalue weighted by Crippen LogP contribution is 2.13. The lowest BCUT2D eigenvalue weighted by molar-refractivity contribution is -0.145. The van der Waals surface area contributed by atoms with E-state index in [9.17, 15) is 4.79 Å². The topological polar surface area (TPSA) is 49.8 Å². The van der Waals surface area contributed by atoms with Crippen LogP contribution in [0.15, 0.2) is 0 Å². The van der Waals surface area contributed by atoms with Crippen LogP contribution in [-0.2, 0) is 9.53 Å². The van der Waals surface area contributed by atoms with Crippen molar-refractivity contribution in [1.82, 2.24) is 4.90 Å². The predicted octanol–water partition coefficient (Wildman–Crippen LogP) is 0.775. The van der Waals surface area contributed by atoms with E-state index >= 15 is 0 Å². The Balaban J connectivity index is 3.78. The number of ether oxygens (including phenoxy) is 1. The maximum Gasteiger partial charge on any atom is 0.306 e. The van der Waals surface area contributed by atoms with E-state index in [1.165, 1.54) is 0 Å². The summed E-state index contributed by atoms with van der Waals surface area (Å²) in [6.07, 6.45) is 0.0286. The molecule has 0 unspecified atom stereocenters. The van der Waals surface area contributed by atoms with E-state index in [4.69, 9.17) is 9.84 Å². The van der Waals surface area contributed by atoms with Crippen LogP contribution in [0.5, 0.6) is 0 Å². The number of aliphatic carboxylic acids is 1. The number of carbonyl (C=O) groups is 1. The van der Waals surface area contributed by atoms with Crippen molar-refractivity contribution >= 4 is 5.97 Å². The van der Waals surface area contributed by atoms with Crippen molar-refractivity contribution in [2.24, 2.45) is 0 Å². The van der Waals surface area contributed by atoms with Crippen LogP contribution in [0.25, 0.3) is 0 Å². The number of carboxylic acids is 1. The molecule has 0 bridgehead atoms. The van der Waals surface area contributed by atoms with Crippen LogP contribution in [0, 0.1) is 0 Å². The summed E-state index contributed by atoms with van der Waals surface area (Å²) in [5.41, 5.74) is -0.587. The Bertz CT molecular complexity index is 154. The smallest absolute Gasteiger partial charge is 0.306 e. The zero-order valence-electron chi connectivity index (χ0n) is 8.13. The highest BCUT2D eigenvalue weighted by molar-refractivity contribution is 5.67. The lowest BCUT2D eigenvalue weighted by Crippen LogP contribution is -2.32. The zero-order valence-corrected chi connectivity index (χ0v) is 8.13. The molecule has 0 aromatic rings. The number of nitrogens with zero attached hydrogens (tertiary/aromatic N) is 1. The van der Waals surface area contributed by atoms with Gasteiger partial charge in [-0.05, 0) is 27.9 Å².